The summed E-state index contributed by atoms with van der Waals surface area (Å²) in [5, 5.41) is 3.13. The summed E-state index contributed by atoms with van der Waals surface area (Å²) >= 11 is 0. The van der Waals surface area contributed by atoms with Gasteiger partial charge in [-0.1, -0.05) is 32.0 Å². The SMILES string of the molecule is CCC(C)c1ccc(OCCNc2cccc(F)c2)cc1. The van der Waals surface area contributed by atoms with Crippen LogP contribution in [0.1, 0.15) is 31.7 Å². The molecule has 0 fully saturated rings. The molecule has 0 aromatic heterocycles. The molecule has 1 unspecified atom stereocenters. The zero-order valence-corrected chi connectivity index (χ0v) is 12.6. The third-order valence-electron chi connectivity index (χ3n) is 3.59. The van der Waals surface area contributed by atoms with Gasteiger partial charge in [0.15, 0.2) is 0 Å². The van der Waals surface area contributed by atoms with Crippen molar-refractivity contribution in [3.63, 3.8) is 0 Å². The predicted octanol–water partition coefficient (Wildman–Crippen LogP) is 4.83. The van der Waals surface area contributed by atoms with Crippen LogP contribution in [0.15, 0.2) is 48.5 Å². The van der Waals surface area contributed by atoms with Crippen molar-refractivity contribution < 1.29 is 9.13 Å². The van der Waals surface area contributed by atoms with Crippen molar-refractivity contribution >= 4 is 5.69 Å². The maximum absolute atomic E-state index is 13.0. The van der Waals surface area contributed by atoms with Gasteiger partial charge in [0, 0.05) is 12.2 Å². The molecule has 21 heavy (non-hydrogen) atoms. The molecule has 0 bridgehead atoms. The lowest BCUT2D eigenvalue weighted by Gasteiger charge is -2.11. The van der Waals surface area contributed by atoms with Gasteiger partial charge in [-0.3, -0.25) is 0 Å². The second-order valence-corrected chi connectivity index (χ2v) is 5.16. The van der Waals surface area contributed by atoms with Crippen molar-refractivity contribution in [3.8, 4) is 5.75 Å². The molecule has 1 N–H and O–H groups in total. The Morgan fingerprint density at radius 3 is 2.57 bits per heavy atom. The number of halogens is 1. The molecule has 2 aromatic carbocycles. The van der Waals surface area contributed by atoms with Crippen molar-refractivity contribution in [2.24, 2.45) is 0 Å². The first-order valence-electron chi connectivity index (χ1n) is 7.41. The van der Waals surface area contributed by atoms with Gasteiger partial charge >= 0.3 is 0 Å². The Kier molecular flexibility index (Phi) is 5.61. The van der Waals surface area contributed by atoms with E-state index in [1.807, 2.05) is 18.2 Å². The first-order chi connectivity index (χ1) is 10.2. The van der Waals surface area contributed by atoms with Gasteiger partial charge in [-0.05, 0) is 48.2 Å². The fraction of sp³-hybridized carbons (Fsp3) is 0.333. The number of ether oxygens (including phenoxy) is 1. The van der Waals surface area contributed by atoms with Crippen LogP contribution in [0.3, 0.4) is 0 Å². The highest BCUT2D eigenvalue weighted by molar-refractivity contribution is 5.42. The summed E-state index contributed by atoms with van der Waals surface area (Å²) in [6.45, 7) is 5.59. The Morgan fingerprint density at radius 1 is 1.14 bits per heavy atom. The van der Waals surface area contributed by atoms with Crippen molar-refractivity contribution in [1.29, 1.82) is 0 Å². The van der Waals surface area contributed by atoms with E-state index in [0.29, 0.717) is 19.1 Å². The summed E-state index contributed by atoms with van der Waals surface area (Å²) < 4.78 is 18.7. The van der Waals surface area contributed by atoms with E-state index in [2.05, 4.69) is 31.3 Å². The van der Waals surface area contributed by atoms with Crippen LogP contribution in [0, 0.1) is 5.82 Å². The third-order valence-corrected chi connectivity index (χ3v) is 3.59. The molecule has 2 nitrogen and oxygen atoms in total. The van der Waals surface area contributed by atoms with E-state index in [1.165, 1.54) is 17.7 Å². The molecule has 112 valence electrons. The van der Waals surface area contributed by atoms with Crippen LogP contribution in [0.5, 0.6) is 5.75 Å². The van der Waals surface area contributed by atoms with Crippen molar-refractivity contribution in [2.75, 3.05) is 18.5 Å². The first kappa shape index (κ1) is 15.4. The molecular weight excluding hydrogens is 265 g/mol. The molecular formula is C18H22FNO. The summed E-state index contributed by atoms with van der Waals surface area (Å²) in [5.74, 6) is 1.21. The topological polar surface area (TPSA) is 21.3 Å². The molecule has 0 spiro atoms. The number of anilines is 1. The summed E-state index contributed by atoms with van der Waals surface area (Å²) in [4.78, 5) is 0. The molecule has 3 heteroatoms. The number of hydrogen-bond acceptors (Lipinski definition) is 2. The van der Waals surface area contributed by atoms with E-state index in [0.717, 1.165) is 17.9 Å². The molecule has 0 aliphatic heterocycles. The number of benzene rings is 2. The van der Waals surface area contributed by atoms with Gasteiger partial charge in [0.1, 0.15) is 18.2 Å². The minimum Gasteiger partial charge on any atom is -0.492 e. The smallest absolute Gasteiger partial charge is 0.125 e. The number of rotatable bonds is 7. The van der Waals surface area contributed by atoms with Gasteiger partial charge in [-0.25, -0.2) is 4.39 Å². The van der Waals surface area contributed by atoms with Gasteiger partial charge in [-0.15, -0.1) is 0 Å². The normalized spacial score (nSPS) is 12.0. The van der Waals surface area contributed by atoms with Crippen molar-refractivity contribution in [1.82, 2.24) is 0 Å². The van der Waals surface area contributed by atoms with Crippen LogP contribution in [-0.2, 0) is 0 Å². The van der Waals surface area contributed by atoms with E-state index < -0.39 is 0 Å². The Balaban J connectivity index is 1.76. The standard InChI is InChI=1S/C18H22FNO/c1-3-14(2)15-7-9-18(10-8-15)21-12-11-20-17-6-4-5-16(19)13-17/h4-10,13-14,20H,3,11-12H2,1-2H3. The fourth-order valence-corrected chi connectivity index (χ4v) is 2.09. The molecule has 0 heterocycles. The Labute approximate surface area is 126 Å². The third kappa shape index (κ3) is 4.78. The predicted molar refractivity (Wildman–Crippen MR) is 85.5 cm³/mol. The van der Waals surface area contributed by atoms with Crippen LogP contribution >= 0.6 is 0 Å². The zero-order chi connectivity index (χ0) is 15.1. The maximum atomic E-state index is 13.0. The Morgan fingerprint density at radius 2 is 1.90 bits per heavy atom. The molecule has 0 amide bonds. The van der Waals surface area contributed by atoms with E-state index in [9.17, 15) is 4.39 Å². The van der Waals surface area contributed by atoms with Gasteiger partial charge in [0.05, 0.1) is 0 Å². The molecule has 0 aliphatic carbocycles. The molecule has 2 aromatic rings. The molecule has 0 radical (unpaired) electrons. The molecule has 1 atom stereocenters. The molecule has 0 saturated carbocycles. The highest BCUT2D eigenvalue weighted by Gasteiger charge is 2.02. The maximum Gasteiger partial charge on any atom is 0.125 e. The lowest BCUT2D eigenvalue weighted by Crippen LogP contribution is -2.11. The van der Waals surface area contributed by atoms with Crippen LogP contribution < -0.4 is 10.1 Å². The van der Waals surface area contributed by atoms with Crippen molar-refractivity contribution in [3.05, 3.63) is 59.9 Å². The summed E-state index contributed by atoms with van der Waals surface area (Å²) in [5.41, 5.74) is 2.11. The average molecular weight is 287 g/mol. The number of nitrogens with one attached hydrogen (secondary N) is 1. The summed E-state index contributed by atoms with van der Waals surface area (Å²) in [7, 11) is 0. The van der Waals surface area contributed by atoms with E-state index in [4.69, 9.17) is 4.74 Å². The lowest BCUT2D eigenvalue weighted by atomic mass is 9.99. The van der Waals surface area contributed by atoms with E-state index in [1.54, 1.807) is 6.07 Å². The van der Waals surface area contributed by atoms with Gasteiger partial charge in [0.25, 0.3) is 0 Å². The van der Waals surface area contributed by atoms with Crippen LogP contribution in [0.25, 0.3) is 0 Å². The lowest BCUT2D eigenvalue weighted by molar-refractivity contribution is 0.332. The fourth-order valence-electron chi connectivity index (χ4n) is 2.09. The van der Waals surface area contributed by atoms with Crippen LogP contribution in [0.4, 0.5) is 10.1 Å². The quantitative estimate of drug-likeness (QED) is 0.736. The highest BCUT2D eigenvalue weighted by atomic mass is 19.1. The van der Waals surface area contributed by atoms with Gasteiger partial charge in [-0.2, -0.15) is 0 Å². The van der Waals surface area contributed by atoms with E-state index >= 15 is 0 Å². The van der Waals surface area contributed by atoms with E-state index in [-0.39, 0.29) is 5.82 Å². The van der Waals surface area contributed by atoms with Crippen molar-refractivity contribution in [2.45, 2.75) is 26.2 Å². The Bertz CT molecular complexity index is 553. The Hall–Kier alpha value is -2.03. The first-order valence-corrected chi connectivity index (χ1v) is 7.41. The summed E-state index contributed by atoms with van der Waals surface area (Å²) in [6.07, 6.45) is 1.14. The van der Waals surface area contributed by atoms with Gasteiger partial charge < -0.3 is 10.1 Å². The van der Waals surface area contributed by atoms with Gasteiger partial charge in [0.2, 0.25) is 0 Å². The number of hydrogen-bond donors (Lipinski definition) is 1. The second-order valence-electron chi connectivity index (χ2n) is 5.16. The average Bonchev–Trinajstić information content (AvgIpc) is 2.51. The molecule has 0 saturated heterocycles. The minimum absolute atomic E-state index is 0.235. The highest BCUT2D eigenvalue weighted by Crippen LogP contribution is 2.21. The molecule has 0 aliphatic rings. The zero-order valence-electron chi connectivity index (χ0n) is 12.6. The monoisotopic (exact) mass is 287 g/mol. The van der Waals surface area contributed by atoms with Crippen LogP contribution in [0.2, 0.25) is 0 Å². The second kappa shape index (κ2) is 7.67. The molecule has 2 rings (SSSR count). The summed E-state index contributed by atoms with van der Waals surface area (Å²) in [6, 6.07) is 14.7. The van der Waals surface area contributed by atoms with Crippen LogP contribution in [-0.4, -0.2) is 13.2 Å². The largest absolute Gasteiger partial charge is 0.492 e. The minimum atomic E-state index is -0.235.